The predicted octanol–water partition coefficient (Wildman–Crippen LogP) is 3.95. The Bertz CT molecular complexity index is 290. The minimum atomic E-state index is 0.449. The maximum Gasteiger partial charge on any atom is 0.0185 e. The summed E-state index contributed by atoms with van der Waals surface area (Å²) in [7, 11) is 0. The summed E-state index contributed by atoms with van der Waals surface area (Å²) in [6.07, 6.45) is 1.25. The lowest BCUT2D eigenvalue weighted by molar-refractivity contribution is 0.369. The highest BCUT2D eigenvalue weighted by molar-refractivity contribution is 7.98. The normalized spacial score (nSPS) is 11.7. The highest BCUT2D eigenvalue weighted by atomic mass is 32.2. The number of hydrogen-bond donors (Lipinski definition) is 1. The second-order valence-corrected chi connectivity index (χ2v) is 6.70. The van der Waals surface area contributed by atoms with E-state index in [0.29, 0.717) is 5.41 Å². The van der Waals surface area contributed by atoms with Crippen molar-refractivity contribution in [3.05, 3.63) is 35.9 Å². The van der Waals surface area contributed by atoms with Gasteiger partial charge in [0.1, 0.15) is 0 Å². The Balaban J connectivity index is 1.95. The molecule has 0 spiro atoms. The molecule has 1 N–H and O–H groups in total. The molecule has 17 heavy (non-hydrogen) atoms. The summed E-state index contributed by atoms with van der Waals surface area (Å²) in [5, 5.41) is 3.51. The van der Waals surface area contributed by atoms with Crippen molar-refractivity contribution in [1.29, 1.82) is 0 Å². The molecule has 1 rings (SSSR count). The van der Waals surface area contributed by atoms with E-state index in [4.69, 9.17) is 0 Å². The number of thioether (sulfide) groups is 1. The molecule has 0 radical (unpaired) electrons. The maximum absolute atomic E-state index is 3.51. The first kappa shape index (κ1) is 14.6. The van der Waals surface area contributed by atoms with Crippen LogP contribution in [-0.4, -0.2) is 18.8 Å². The SMILES string of the molecule is CC(C)(C)CCNCCSCc1ccccc1. The highest BCUT2D eigenvalue weighted by Crippen LogP contribution is 2.17. The van der Waals surface area contributed by atoms with Gasteiger partial charge in [-0.05, 0) is 23.9 Å². The first-order chi connectivity index (χ1) is 8.08. The summed E-state index contributed by atoms with van der Waals surface area (Å²) >= 11 is 2.00. The van der Waals surface area contributed by atoms with Gasteiger partial charge in [0.2, 0.25) is 0 Å². The van der Waals surface area contributed by atoms with Crippen molar-refractivity contribution in [3.63, 3.8) is 0 Å². The third kappa shape index (κ3) is 8.28. The lowest BCUT2D eigenvalue weighted by atomic mass is 9.92. The summed E-state index contributed by atoms with van der Waals surface area (Å²) in [4.78, 5) is 0. The van der Waals surface area contributed by atoms with E-state index >= 15 is 0 Å². The molecule has 1 nitrogen and oxygen atoms in total. The summed E-state index contributed by atoms with van der Waals surface area (Å²) in [5.74, 6) is 2.32. The van der Waals surface area contributed by atoms with Crippen molar-refractivity contribution in [2.75, 3.05) is 18.8 Å². The van der Waals surface area contributed by atoms with Gasteiger partial charge in [0.25, 0.3) is 0 Å². The molecule has 0 aliphatic carbocycles. The van der Waals surface area contributed by atoms with Crippen LogP contribution in [0.1, 0.15) is 32.8 Å². The average molecular weight is 251 g/mol. The Kier molecular flexibility index (Phi) is 6.68. The predicted molar refractivity (Wildman–Crippen MR) is 79.5 cm³/mol. The molecule has 0 bridgehead atoms. The number of rotatable bonds is 7. The molecule has 0 amide bonds. The van der Waals surface area contributed by atoms with Gasteiger partial charge in [-0.2, -0.15) is 11.8 Å². The largest absolute Gasteiger partial charge is 0.316 e. The Morgan fingerprint density at radius 1 is 1.06 bits per heavy atom. The van der Waals surface area contributed by atoms with Crippen molar-refractivity contribution >= 4 is 11.8 Å². The van der Waals surface area contributed by atoms with Crippen LogP contribution in [0.25, 0.3) is 0 Å². The fourth-order valence-corrected chi connectivity index (χ4v) is 2.36. The molecule has 0 aromatic heterocycles. The molecule has 0 fully saturated rings. The Morgan fingerprint density at radius 2 is 1.76 bits per heavy atom. The van der Waals surface area contributed by atoms with Gasteiger partial charge in [0, 0.05) is 18.1 Å². The van der Waals surface area contributed by atoms with Gasteiger partial charge >= 0.3 is 0 Å². The van der Waals surface area contributed by atoms with E-state index in [2.05, 4.69) is 56.4 Å². The molecule has 0 saturated carbocycles. The molecule has 2 heteroatoms. The molecule has 0 unspecified atom stereocenters. The zero-order chi connectivity index (χ0) is 12.6. The van der Waals surface area contributed by atoms with E-state index in [-0.39, 0.29) is 0 Å². The Hall–Kier alpha value is -0.470. The Morgan fingerprint density at radius 3 is 2.41 bits per heavy atom. The number of benzene rings is 1. The van der Waals surface area contributed by atoms with Gasteiger partial charge < -0.3 is 5.32 Å². The van der Waals surface area contributed by atoms with E-state index in [1.807, 2.05) is 11.8 Å². The molecule has 0 atom stereocenters. The van der Waals surface area contributed by atoms with Crippen LogP contribution >= 0.6 is 11.8 Å². The van der Waals surface area contributed by atoms with Gasteiger partial charge in [0.15, 0.2) is 0 Å². The molecular formula is C15H25NS. The van der Waals surface area contributed by atoms with Crippen LogP contribution in [0.15, 0.2) is 30.3 Å². The van der Waals surface area contributed by atoms with Crippen LogP contribution in [0, 0.1) is 5.41 Å². The molecular weight excluding hydrogens is 226 g/mol. The van der Waals surface area contributed by atoms with Crippen LogP contribution in [-0.2, 0) is 5.75 Å². The van der Waals surface area contributed by atoms with Crippen LogP contribution in [0.3, 0.4) is 0 Å². The van der Waals surface area contributed by atoms with Crippen molar-refractivity contribution in [1.82, 2.24) is 5.32 Å². The van der Waals surface area contributed by atoms with Gasteiger partial charge in [0.05, 0.1) is 0 Å². The van der Waals surface area contributed by atoms with Gasteiger partial charge in [-0.3, -0.25) is 0 Å². The maximum atomic E-state index is 3.51. The quantitative estimate of drug-likeness (QED) is 0.737. The lowest BCUT2D eigenvalue weighted by Crippen LogP contribution is -2.22. The Labute approximate surface area is 110 Å². The minimum Gasteiger partial charge on any atom is -0.316 e. The first-order valence-corrected chi connectivity index (χ1v) is 7.56. The molecule has 1 aromatic carbocycles. The number of nitrogens with one attached hydrogen (secondary N) is 1. The monoisotopic (exact) mass is 251 g/mol. The minimum absolute atomic E-state index is 0.449. The van der Waals surface area contributed by atoms with Gasteiger partial charge in [-0.15, -0.1) is 0 Å². The van der Waals surface area contributed by atoms with Crippen molar-refractivity contribution in [3.8, 4) is 0 Å². The van der Waals surface area contributed by atoms with Crippen LogP contribution in [0.4, 0.5) is 0 Å². The van der Waals surface area contributed by atoms with Gasteiger partial charge in [-0.25, -0.2) is 0 Å². The fourth-order valence-electron chi connectivity index (χ4n) is 1.50. The van der Waals surface area contributed by atoms with Crippen LogP contribution < -0.4 is 5.32 Å². The standard InChI is InChI=1S/C15H25NS/c1-15(2,3)9-10-16-11-12-17-13-14-7-5-4-6-8-14/h4-8,16H,9-13H2,1-3H3. The van der Waals surface area contributed by atoms with Crippen molar-refractivity contribution in [2.24, 2.45) is 5.41 Å². The summed E-state index contributed by atoms with van der Waals surface area (Å²) in [6, 6.07) is 10.7. The van der Waals surface area contributed by atoms with E-state index in [0.717, 1.165) is 18.8 Å². The molecule has 0 aliphatic rings. The van der Waals surface area contributed by atoms with Crippen LogP contribution in [0.5, 0.6) is 0 Å². The molecule has 96 valence electrons. The second kappa shape index (κ2) is 7.78. The topological polar surface area (TPSA) is 12.0 Å². The van der Waals surface area contributed by atoms with E-state index < -0.39 is 0 Å². The van der Waals surface area contributed by atoms with Crippen LogP contribution in [0.2, 0.25) is 0 Å². The third-order valence-corrected chi connectivity index (χ3v) is 3.62. The van der Waals surface area contributed by atoms with E-state index in [9.17, 15) is 0 Å². The molecule has 0 heterocycles. The summed E-state index contributed by atoms with van der Waals surface area (Å²) < 4.78 is 0. The van der Waals surface area contributed by atoms with E-state index in [1.54, 1.807) is 0 Å². The van der Waals surface area contributed by atoms with Crippen molar-refractivity contribution < 1.29 is 0 Å². The smallest absolute Gasteiger partial charge is 0.0185 e. The first-order valence-electron chi connectivity index (χ1n) is 6.40. The zero-order valence-corrected chi connectivity index (χ0v) is 12.1. The average Bonchev–Trinajstić information content (AvgIpc) is 2.28. The zero-order valence-electron chi connectivity index (χ0n) is 11.3. The molecule has 0 saturated heterocycles. The highest BCUT2D eigenvalue weighted by Gasteiger charge is 2.08. The van der Waals surface area contributed by atoms with Gasteiger partial charge in [-0.1, -0.05) is 51.1 Å². The fraction of sp³-hybridized carbons (Fsp3) is 0.600. The number of hydrogen-bond acceptors (Lipinski definition) is 2. The van der Waals surface area contributed by atoms with E-state index in [1.165, 1.54) is 17.7 Å². The lowest BCUT2D eigenvalue weighted by Gasteiger charge is -2.17. The summed E-state index contributed by atoms with van der Waals surface area (Å²) in [6.45, 7) is 9.12. The van der Waals surface area contributed by atoms with Crippen molar-refractivity contribution in [2.45, 2.75) is 32.9 Å². The molecule has 1 aromatic rings. The third-order valence-electron chi connectivity index (χ3n) is 2.59. The second-order valence-electron chi connectivity index (χ2n) is 5.60. The molecule has 0 aliphatic heterocycles. The summed E-state index contributed by atoms with van der Waals surface area (Å²) in [5.41, 5.74) is 1.87.